The second-order valence-electron chi connectivity index (χ2n) is 8.13. The molecule has 4 rings (SSSR count). The molecule has 170 valence electrons. The molecule has 0 amide bonds. The molecule has 34 heavy (non-hydrogen) atoms. The number of carbonyl (C=O) groups excluding carboxylic acids is 1. The molecule has 0 aliphatic carbocycles. The summed E-state index contributed by atoms with van der Waals surface area (Å²) in [5, 5.41) is 9.36. The SMILES string of the molecule is C=CC(=O)OCc1cc(-c2ccc(-c3ccccc3)cc2CC)ccc1-c1ccc(CO)cc1. The Morgan fingerprint density at radius 3 is 2.06 bits per heavy atom. The van der Waals surface area contributed by atoms with Crippen LogP contribution >= 0.6 is 0 Å². The van der Waals surface area contributed by atoms with Crippen molar-refractivity contribution in [2.45, 2.75) is 26.6 Å². The summed E-state index contributed by atoms with van der Waals surface area (Å²) >= 11 is 0. The lowest BCUT2D eigenvalue weighted by Crippen LogP contribution is -2.02. The largest absolute Gasteiger partial charge is 0.458 e. The molecule has 0 atom stereocenters. The second-order valence-corrected chi connectivity index (χ2v) is 8.13. The maximum atomic E-state index is 11.8. The van der Waals surface area contributed by atoms with E-state index in [0.29, 0.717) is 0 Å². The number of aliphatic hydroxyl groups excluding tert-OH is 1. The molecule has 0 bridgehead atoms. The van der Waals surface area contributed by atoms with Gasteiger partial charge in [-0.05, 0) is 62.6 Å². The highest BCUT2D eigenvalue weighted by molar-refractivity contribution is 5.82. The first-order chi connectivity index (χ1) is 16.6. The van der Waals surface area contributed by atoms with Gasteiger partial charge in [-0.2, -0.15) is 0 Å². The van der Waals surface area contributed by atoms with Crippen molar-refractivity contribution in [3.05, 3.63) is 120 Å². The van der Waals surface area contributed by atoms with E-state index >= 15 is 0 Å². The fourth-order valence-electron chi connectivity index (χ4n) is 4.14. The number of hydrogen-bond acceptors (Lipinski definition) is 3. The zero-order valence-electron chi connectivity index (χ0n) is 19.3. The molecule has 0 aliphatic heterocycles. The zero-order chi connectivity index (χ0) is 23.9. The fourth-order valence-corrected chi connectivity index (χ4v) is 4.14. The minimum atomic E-state index is -0.451. The van der Waals surface area contributed by atoms with E-state index in [2.05, 4.69) is 74.2 Å². The van der Waals surface area contributed by atoms with Crippen LogP contribution in [0.5, 0.6) is 0 Å². The van der Waals surface area contributed by atoms with Crippen LogP contribution in [0.2, 0.25) is 0 Å². The van der Waals surface area contributed by atoms with E-state index in [1.54, 1.807) is 0 Å². The van der Waals surface area contributed by atoms with E-state index < -0.39 is 5.97 Å². The highest BCUT2D eigenvalue weighted by Gasteiger charge is 2.12. The first-order valence-electron chi connectivity index (χ1n) is 11.4. The average Bonchev–Trinajstić information content (AvgIpc) is 2.91. The van der Waals surface area contributed by atoms with Crippen LogP contribution in [0.1, 0.15) is 23.6 Å². The summed E-state index contributed by atoms with van der Waals surface area (Å²) < 4.78 is 5.41. The minimum Gasteiger partial charge on any atom is -0.458 e. The van der Waals surface area contributed by atoms with Crippen LogP contribution in [-0.2, 0) is 29.2 Å². The second kappa shape index (κ2) is 10.8. The Labute approximate surface area is 201 Å². The molecule has 0 radical (unpaired) electrons. The number of hydrogen-bond donors (Lipinski definition) is 1. The molecule has 3 heteroatoms. The van der Waals surface area contributed by atoms with Crippen LogP contribution in [-0.4, -0.2) is 11.1 Å². The molecule has 0 aromatic heterocycles. The Balaban J connectivity index is 1.75. The molecule has 0 aliphatic rings. The molecule has 1 N–H and O–H groups in total. The van der Waals surface area contributed by atoms with Gasteiger partial charge in [-0.25, -0.2) is 4.79 Å². The summed E-state index contributed by atoms with van der Waals surface area (Å²) in [6.45, 7) is 5.81. The standard InChI is InChI=1S/C31H28O3/c1-3-23-18-26(24-8-6-5-7-9-24)14-16-29(23)27-15-17-30(25-12-10-22(20-32)11-13-25)28(19-27)21-34-31(33)4-2/h4-19,32H,2-3,20-21H2,1H3. The van der Waals surface area contributed by atoms with Crippen LogP contribution in [0.3, 0.4) is 0 Å². The molecule has 3 nitrogen and oxygen atoms in total. The third kappa shape index (κ3) is 5.16. The van der Waals surface area contributed by atoms with Crippen molar-refractivity contribution in [2.75, 3.05) is 0 Å². The minimum absolute atomic E-state index is 0.00178. The molecule has 0 spiro atoms. The van der Waals surface area contributed by atoms with Crippen molar-refractivity contribution >= 4 is 5.97 Å². The zero-order valence-corrected chi connectivity index (χ0v) is 19.3. The van der Waals surface area contributed by atoms with Crippen LogP contribution < -0.4 is 0 Å². The number of aryl methyl sites for hydroxylation is 1. The van der Waals surface area contributed by atoms with E-state index in [4.69, 9.17) is 4.74 Å². The van der Waals surface area contributed by atoms with Crippen LogP contribution in [0, 0.1) is 0 Å². The predicted octanol–water partition coefficient (Wildman–Crippen LogP) is 6.97. The lowest BCUT2D eigenvalue weighted by molar-refractivity contribution is -0.138. The van der Waals surface area contributed by atoms with Gasteiger partial charge < -0.3 is 9.84 Å². The molecule has 0 unspecified atom stereocenters. The van der Waals surface area contributed by atoms with Gasteiger partial charge in [0.25, 0.3) is 0 Å². The number of aliphatic hydroxyl groups is 1. The quantitative estimate of drug-likeness (QED) is 0.234. The van der Waals surface area contributed by atoms with Crippen molar-refractivity contribution in [2.24, 2.45) is 0 Å². The smallest absolute Gasteiger partial charge is 0.330 e. The number of ether oxygens (including phenoxy) is 1. The van der Waals surface area contributed by atoms with Gasteiger partial charge in [0.1, 0.15) is 6.61 Å². The fraction of sp³-hybridized carbons (Fsp3) is 0.129. The Hall–Kier alpha value is -3.95. The predicted molar refractivity (Wildman–Crippen MR) is 138 cm³/mol. The Kier molecular flexibility index (Phi) is 7.36. The summed E-state index contributed by atoms with van der Waals surface area (Å²) in [7, 11) is 0. The highest BCUT2D eigenvalue weighted by Crippen LogP contribution is 2.33. The van der Waals surface area contributed by atoms with Crippen LogP contribution in [0.4, 0.5) is 0 Å². The topological polar surface area (TPSA) is 46.5 Å². The molecule has 0 heterocycles. The van der Waals surface area contributed by atoms with Gasteiger partial charge in [0.15, 0.2) is 0 Å². The number of esters is 1. The van der Waals surface area contributed by atoms with Gasteiger partial charge in [0, 0.05) is 6.08 Å². The van der Waals surface area contributed by atoms with Gasteiger partial charge in [0.2, 0.25) is 0 Å². The normalized spacial score (nSPS) is 10.6. The third-order valence-electron chi connectivity index (χ3n) is 5.99. The molecular formula is C31H28O3. The Morgan fingerprint density at radius 1 is 0.794 bits per heavy atom. The van der Waals surface area contributed by atoms with E-state index in [1.807, 2.05) is 30.3 Å². The van der Waals surface area contributed by atoms with Crippen molar-refractivity contribution in [3.63, 3.8) is 0 Å². The van der Waals surface area contributed by atoms with Crippen LogP contribution in [0.25, 0.3) is 33.4 Å². The van der Waals surface area contributed by atoms with Gasteiger partial charge in [-0.3, -0.25) is 0 Å². The molecule has 0 fully saturated rings. The lowest BCUT2D eigenvalue weighted by atomic mass is 9.90. The van der Waals surface area contributed by atoms with Gasteiger partial charge in [-0.1, -0.05) is 98.4 Å². The highest BCUT2D eigenvalue weighted by atomic mass is 16.5. The summed E-state index contributed by atoms with van der Waals surface area (Å²) in [6.07, 6.45) is 2.08. The maximum absolute atomic E-state index is 11.8. The number of benzene rings is 4. The summed E-state index contributed by atoms with van der Waals surface area (Å²) in [6, 6.07) is 31.0. The maximum Gasteiger partial charge on any atom is 0.330 e. The van der Waals surface area contributed by atoms with Crippen LogP contribution in [0.15, 0.2) is 104 Å². The average molecular weight is 449 g/mol. The summed E-state index contributed by atoms with van der Waals surface area (Å²) in [5.41, 5.74) is 9.66. The summed E-state index contributed by atoms with van der Waals surface area (Å²) in [5.74, 6) is -0.451. The van der Waals surface area contributed by atoms with E-state index in [0.717, 1.165) is 34.2 Å². The van der Waals surface area contributed by atoms with Crippen molar-refractivity contribution in [1.29, 1.82) is 0 Å². The lowest BCUT2D eigenvalue weighted by Gasteiger charge is -2.16. The first kappa shape index (κ1) is 23.2. The third-order valence-corrected chi connectivity index (χ3v) is 5.99. The van der Waals surface area contributed by atoms with E-state index in [-0.39, 0.29) is 13.2 Å². The molecular weight excluding hydrogens is 420 g/mol. The summed E-state index contributed by atoms with van der Waals surface area (Å²) in [4.78, 5) is 11.8. The van der Waals surface area contributed by atoms with E-state index in [1.165, 1.54) is 28.3 Å². The molecule has 0 saturated carbocycles. The monoisotopic (exact) mass is 448 g/mol. The van der Waals surface area contributed by atoms with Crippen molar-refractivity contribution < 1.29 is 14.6 Å². The van der Waals surface area contributed by atoms with Gasteiger partial charge in [-0.15, -0.1) is 0 Å². The number of rotatable bonds is 8. The Morgan fingerprint density at radius 2 is 1.41 bits per heavy atom. The van der Waals surface area contributed by atoms with E-state index in [9.17, 15) is 9.90 Å². The van der Waals surface area contributed by atoms with Crippen molar-refractivity contribution in [1.82, 2.24) is 0 Å². The molecule has 4 aromatic carbocycles. The van der Waals surface area contributed by atoms with Gasteiger partial charge >= 0.3 is 5.97 Å². The Bertz CT molecular complexity index is 1290. The number of carbonyl (C=O) groups is 1. The molecule has 4 aromatic rings. The molecule has 0 saturated heterocycles. The van der Waals surface area contributed by atoms with Crippen molar-refractivity contribution in [3.8, 4) is 33.4 Å². The van der Waals surface area contributed by atoms with Gasteiger partial charge in [0.05, 0.1) is 6.61 Å². The first-order valence-corrected chi connectivity index (χ1v) is 11.4.